The molecule has 0 saturated carbocycles. The number of halogens is 5. The molecular formula is C18H14ClF4N3O2. The zero-order chi connectivity index (χ0) is 20.9. The van der Waals surface area contributed by atoms with Crippen molar-refractivity contribution in [2.24, 2.45) is 5.10 Å². The van der Waals surface area contributed by atoms with Gasteiger partial charge in [0.05, 0.1) is 17.0 Å². The van der Waals surface area contributed by atoms with Crippen LogP contribution >= 0.6 is 11.6 Å². The highest BCUT2D eigenvalue weighted by Gasteiger charge is 2.33. The number of anilines is 1. The summed E-state index contributed by atoms with van der Waals surface area (Å²) in [6, 6.07) is 7.74. The van der Waals surface area contributed by atoms with Crippen molar-refractivity contribution in [3.8, 4) is 0 Å². The Morgan fingerprint density at radius 3 is 2.36 bits per heavy atom. The number of amides is 2. The van der Waals surface area contributed by atoms with E-state index in [0.29, 0.717) is 0 Å². The van der Waals surface area contributed by atoms with Crippen LogP contribution in [0.4, 0.5) is 23.2 Å². The molecule has 0 aliphatic heterocycles. The lowest BCUT2D eigenvalue weighted by Gasteiger charge is -2.11. The first-order valence-electron chi connectivity index (χ1n) is 7.82. The highest BCUT2D eigenvalue weighted by Crippen LogP contribution is 2.36. The summed E-state index contributed by atoms with van der Waals surface area (Å²) in [5.74, 6) is -1.73. The van der Waals surface area contributed by atoms with E-state index in [4.69, 9.17) is 11.6 Å². The van der Waals surface area contributed by atoms with Gasteiger partial charge in [-0.15, -0.1) is 0 Å². The lowest BCUT2D eigenvalue weighted by Crippen LogP contribution is -2.21. The molecule has 148 valence electrons. The Morgan fingerprint density at radius 1 is 1.11 bits per heavy atom. The van der Waals surface area contributed by atoms with E-state index in [1.807, 2.05) is 0 Å². The third-order valence-corrected chi connectivity index (χ3v) is 3.76. The van der Waals surface area contributed by atoms with Gasteiger partial charge >= 0.3 is 6.18 Å². The zero-order valence-electron chi connectivity index (χ0n) is 14.4. The smallest absolute Gasteiger partial charge is 0.326 e. The van der Waals surface area contributed by atoms with E-state index in [1.165, 1.54) is 25.1 Å². The van der Waals surface area contributed by atoms with E-state index in [1.54, 1.807) is 0 Å². The quantitative estimate of drug-likeness (QED) is 0.424. The molecule has 2 aromatic rings. The molecule has 5 nitrogen and oxygen atoms in total. The van der Waals surface area contributed by atoms with E-state index in [-0.39, 0.29) is 23.4 Å². The second kappa shape index (κ2) is 8.83. The number of carbonyl (C=O) groups is 2. The number of nitrogens with zero attached hydrogens (tertiary/aromatic N) is 1. The van der Waals surface area contributed by atoms with Gasteiger partial charge in [-0.2, -0.15) is 18.3 Å². The van der Waals surface area contributed by atoms with Crippen LogP contribution in [0.15, 0.2) is 47.6 Å². The molecule has 28 heavy (non-hydrogen) atoms. The van der Waals surface area contributed by atoms with E-state index in [0.717, 1.165) is 24.3 Å². The monoisotopic (exact) mass is 415 g/mol. The summed E-state index contributed by atoms with van der Waals surface area (Å²) in [6.45, 7) is 1.45. The van der Waals surface area contributed by atoms with Crippen LogP contribution in [0.1, 0.15) is 29.3 Å². The molecule has 0 heterocycles. The minimum absolute atomic E-state index is 0.0788. The fraction of sp³-hybridized carbons (Fsp3) is 0.167. The number of rotatable bonds is 5. The molecule has 0 aromatic heterocycles. The summed E-state index contributed by atoms with van der Waals surface area (Å²) in [4.78, 5) is 23.8. The maximum Gasteiger partial charge on any atom is 0.417 e. The highest BCUT2D eigenvalue weighted by atomic mass is 35.5. The molecule has 2 rings (SSSR count). The number of alkyl halides is 3. The number of carbonyl (C=O) groups excluding carboxylic acids is 2. The minimum atomic E-state index is -4.65. The number of hydrogen-bond donors (Lipinski definition) is 2. The van der Waals surface area contributed by atoms with Crippen molar-refractivity contribution >= 4 is 34.8 Å². The van der Waals surface area contributed by atoms with Gasteiger partial charge in [-0.3, -0.25) is 9.59 Å². The highest BCUT2D eigenvalue weighted by molar-refractivity contribution is 6.31. The van der Waals surface area contributed by atoms with Crippen LogP contribution in [0, 0.1) is 5.82 Å². The predicted molar refractivity (Wildman–Crippen MR) is 96.7 cm³/mol. The Bertz CT molecular complexity index is 912. The normalized spacial score (nSPS) is 11.9. The second-order valence-electron chi connectivity index (χ2n) is 5.71. The zero-order valence-corrected chi connectivity index (χ0v) is 15.2. The fourth-order valence-corrected chi connectivity index (χ4v) is 2.33. The van der Waals surface area contributed by atoms with Crippen molar-refractivity contribution in [1.82, 2.24) is 5.43 Å². The van der Waals surface area contributed by atoms with E-state index >= 15 is 0 Å². The molecule has 0 unspecified atom stereocenters. The van der Waals surface area contributed by atoms with Gasteiger partial charge in [0, 0.05) is 17.0 Å². The summed E-state index contributed by atoms with van der Waals surface area (Å²) >= 11 is 5.52. The van der Waals surface area contributed by atoms with Crippen LogP contribution < -0.4 is 10.7 Å². The lowest BCUT2D eigenvalue weighted by molar-refractivity contribution is -0.137. The molecule has 2 amide bonds. The molecule has 0 fully saturated rings. The van der Waals surface area contributed by atoms with Gasteiger partial charge in [0.25, 0.3) is 5.91 Å². The molecule has 0 aliphatic rings. The van der Waals surface area contributed by atoms with Gasteiger partial charge in [0.1, 0.15) is 5.82 Å². The number of hydrazone groups is 1. The fourth-order valence-electron chi connectivity index (χ4n) is 2.11. The van der Waals surface area contributed by atoms with Crippen LogP contribution in [0.5, 0.6) is 0 Å². The van der Waals surface area contributed by atoms with E-state index in [9.17, 15) is 27.2 Å². The lowest BCUT2D eigenvalue weighted by atomic mass is 10.2. The summed E-state index contributed by atoms with van der Waals surface area (Å²) in [5.41, 5.74) is 1.44. The average Bonchev–Trinajstić information content (AvgIpc) is 2.61. The number of hydrogen-bond acceptors (Lipinski definition) is 3. The molecule has 2 N–H and O–H groups in total. The minimum Gasteiger partial charge on any atom is -0.326 e. The van der Waals surface area contributed by atoms with Crippen molar-refractivity contribution in [3.63, 3.8) is 0 Å². The van der Waals surface area contributed by atoms with Gasteiger partial charge < -0.3 is 5.32 Å². The van der Waals surface area contributed by atoms with Crippen LogP contribution in [-0.2, 0) is 11.0 Å². The van der Waals surface area contributed by atoms with Gasteiger partial charge in [-0.1, -0.05) is 11.6 Å². The maximum absolute atomic E-state index is 12.8. The van der Waals surface area contributed by atoms with Crippen molar-refractivity contribution in [2.75, 3.05) is 5.32 Å². The molecular weight excluding hydrogens is 402 g/mol. The van der Waals surface area contributed by atoms with Crippen molar-refractivity contribution in [1.29, 1.82) is 0 Å². The molecule has 0 saturated heterocycles. The first-order valence-corrected chi connectivity index (χ1v) is 8.19. The van der Waals surface area contributed by atoms with Gasteiger partial charge in [0.15, 0.2) is 0 Å². The van der Waals surface area contributed by atoms with E-state index < -0.39 is 34.4 Å². The van der Waals surface area contributed by atoms with Gasteiger partial charge in [0.2, 0.25) is 5.91 Å². The summed E-state index contributed by atoms with van der Waals surface area (Å²) in [5, 5.41) is 5.56. The topological polar surface area (TPSA) is 70.6 Å². The third kappa shape index (κ3) is 6.05. The largest absolute Gasteiger partial charge is 0.417 e. The standard InChI is InChI=1S/C18H14ClF4N3O2/c1-10(25-26-17(28)11-2-4-12(20)5-3-11)8-16(27)24-13-6-7-15(19)14(9-13)18(21,22)23/h2-7,9H,8H2,1H3,(H,24,27)(H,26,28). The van der Waals surface area contributed by atoms with Crippen LogP contribution in [0.2, 0.25) is 5.02 Å². The average molecular weight is 416 g/mol. The second-order valence-corrected chi connectivity index (χ2v) is 6.12. The van der Waals surface area contributed by atoms with Gasteiger partial charge in [-0.05, 0) is 49.4 Å². The van der Waals surface area contributed by atoms with Crippen LogP contribution in [-0.4, -0.2) is 17.5 Å². The molecule has 0 aliphatic carbocycles. The maximum atomic E-state index is 12.8. The summed E-state index contributed by atoms with van der Waals surface area (Å²) in [6.07, 6.45) is -4.92. The number of nitrogens with one attached hydrogen (secondary N) is 2. The molecule has 0 atom stereocenters. The predicted octanol–water partition coefficient (Wildman–Crippen LogP) is 4.63. The third-order valence-electron chi connectivity index (χ3n) is 3.43. The first-order chi connectivity index (χ1) is 13.1. The Labute approximate surface area is 162 Å². The summed E-state index contributed by atoms with van der Waals surface area (Å²) < 4.78 is 51.3. The molecule has 0 bridgehead atoms. The van der Waals surface area contributed by atoms with Crippen molar-refractivity contribution < 1.29 is 27.2 Å². The first kappa shape index (κ1) is 21.4. The Kier molecular flexibility index (Phi) is 6.74. The summed E-state index contributed by atoms with van der Waals surface area (Å²) in [7, 11) is 0. The van der Waals surface area contributed by atoms with Crippen LogP contribution in [0.25, 0.3) is 0 Å². The molecule has 10 heteroatoms. The van der Waals surface area contributed by atoms with Crippen LogP contribution in [0.3, 0.4) is 0 Å². The van der Waals surface area contributed by atoms with Crippen molar-refractivity contribution in [3.05, 3.63) is 64.4 Å². The Balaban J connectivity index is 1.96. The molecule has 0 spiro atoms. The van der Waals surface area contributed by atoms with Crippen molar-refractivity contribution in [2.45, 2.75) is 19.5 Å². The molecule has 2 aromatic carbocycles. The Hall–Kier alpha value is -2.94. The SMILES string of the molecule is CC(CC(=O)Nc1ccc(Cl)c(C(F)(F)F)c1)=NNC(=O)c1ccc(F)cc1. The van der Waals surface area contributed by atoms with E-state index in [2.05, 4.69) is 15.8 Å². The Morgan fingerprint density at radius 2 is 1.75 bits per heavy atom. The van der Waals surface area contributed by atoms with Gasteiger partial charge in [-0.25, -0.2) is 9.82 Å². The number of benzene rings is 2. The molecule has 0 radical (unpaired) electrons.